The van der Waals surface area contributed by atoms with Crippen molar-refractivity contribution in [2.45, 2.75) is 13.0 Å². The minimum Gasteiger partial charge on any atom is -0.383 e. The summed E-state index contributed by atoms with van der Waals surface area (Å²) in [6.45, 7) is 2.05. The fourth-order valence-corrected chi connectivity index (χ4v) is 2.20. The van der Waals surface area contributed by atoms with Crippen LogP contribution in [0.15, 0.2) is 48.8 Å². The zero-order valence-corrected chi connectivity index (χ0v) is 11.9. The molecular formula is C15H16ClN3O. The van der Waals surface area contributed by atoms with E-state index in [2.05, 4.69) is 15.6 Å². The van der Waals surface area contributed by atoms with Crippen LogP contribution in [0.3, 0.4) is 0 Å². The smallest absolute Gasteiger partial charge is 0.217 e. The summed E-state index contributed by atoms with van der Waals surface area (Å²) in [5.41, 5.74) is 1.84. The second-order valence-corrected chi connectivity index (χ2v) is 4.80. The second-order valence-electron chi connectivity index (χ2n) is 4.39. The van der Waals surface area contributed by atoms with Gasteiger partial charge in [-0.2, -0.15) is 0 Å². The molecule has 1 aromatic carbocycles. The van der Waals surface area contributed by atoms with Gasteiger partial charge in [0.2, 0.25) is 5.91 Å². The summed E-state index contributed by atoms with van der Waals surface area (Å²) in [4.78, 5) is 15.3. The number of pyridine rings is 1. The Balaban J connectivity index is 2.12. The van der Waals surface area contributed by atoms with Crippen LogP contribution in [0.4, 0.5) is 5.69 Å². The highest BCUT2D eigenvalue weighted by Gasteiger charge is 2.15. The van der Waals surface area contributed by atoms with E-state index in [0.29, 0.717) is 11.6 Å². The molecule has 0 fully saturated rings. The van der Waals surface area contributed by atoms with Crippen molar-refractivity contribution in [1.82, 2.24) is 10.3 Å². The average Bonchev–Trinajstić information content (AvgIpc) is 2.45. The molecule has 4 nitrogen and oxygen atoms in total. The predicted octanol–water partition coefficient (Wildman–Crippen LogP) is 3.02. The summed E-state index contributed by atoms with van der Waals surface area (Å²) < 4.78 is 0. The van der Waals surface area contributed by atoms with E-state index in [4.69, 9.17) is 11.6 Å². The lowest BCUT2D eigenvalue weighted by Crippen LogP contribution is -2.31. The Hall–Kier alpha value is -2.07. The maximum Gasteiger partial charge on any atom is 0.217 e. The van der Waals surface area contributed by atoms with Crippen LogP contribution in [0.2, 0.25) is 5.02 Å². The van der Waals surface area contributed by atoms with Crippen molar-refractivity contribution >= 4 is 23.2 Å². The van der Waals surface area contributed by atoms with Gasteiger partial charge in [0.1, 0.15) is 0 Å². The number of aromatic nitrogens is 1. The lowest BCUT2D eigenvalue weighted by molar-refractivity contribution is -0.119. The van der Waals surface area contributed by atoms with Crippen molar-refractivity contribution in [3.63, 3.8) is 0 Å². The third kappa shape index (κ3) is 3.96. The first-order valence-electron chi connectivity index (χ1n) is 6.32. The van der Waals surface area contributed by atoms with E-state index < -0.39 is 0 Å². The quantitative estimate of drug-likeness (QED) is 0.889. The van der Waals surface area contributed by atoms with E-state index >= 15 is 0 Å². The van der Waals surface area contributed by atoms with Crippen LogP contribution in [-0.4, -0.2) is 17.4 Å². The molecule has 104 valence electrons. The number of halogens is 1. The van der Waals surface area contributed by atoms with Gasteiger partial charge in [0, 0.05) is 36.6 Å². The highest BCUT2D eigenvalue weighted by atomic mass is 35.5. The van der Waals surface area contributed by atoms with Crippen LogP contribution in [0.5, 0.6) is 0 Å². The molecule has 5 heteroatoms. The molecule has 1 aromatic heterocycles. The monoisotopic (exact) mass is 289 g/mol. The number of carbonyl (C=O) groups excluding carboxylic acids is 1. The van der Waals surface area contributed by atoms with Gasteiger partial charge in [-0.1, -0.05) is 29.8 Å². The van der Waals surface area contributed by atoms with Gasteiger partial charge >= 0.3 is 0 Å². The highest BCUT2D eigenvalue weighted by Crippen LogP contribution is 2.23. The maximum absolute atomic E-state index is 11.4. The molecular weight excluding hydrogens is 274 g/mol. The first-order valence-corrected chi connectivity index (χ1v) is 6.70. The van der Waals surface area contributed by atoms with E-state index in [1.807, 2.05) is 36.4 Å². The van der Waals surface area contributed by atoms with Gasteiger partial charge in [-0.05, 0) is 23.8 Å². The highest BCUT2D eigenvalue weighted by molar-refractivity contribution is 6.31. The lowest BCUT2D eigenvalue weighted by Gasteiger charge is -2.20. The largest absolute Gasteiger partial charge is 0.383 e. The number of rotatable bonds is 5. The predicted molar refractivity (Wildman–Crippen MR) is 80.7 cm³/mol. The molecule has 2 aromatic rings. The van der Waals surface area contributed by atoms with Gasteiger partial charge < -0.3 is 10.6 Å². The van der Waals surface area contributed by atoms with E-state index in [0.717, 1.165) is 11.3 Å². The third-order valence-corrected chi connectivity index (χ3v) is 3.19. The van der Waals surface area contributed by atoms with Gasteiger partial charge in [0.15, 0.2) is 0 Å². The molecule has 0 radical (unpaired) electrons. The van der Waals surface area contributed by atoms with Crippen LogP contribution in [0.1, 0.15) is 18.5 Å². The van der Waals surface area contributed by atoms with Crippen LogP contribution in [-0.2, 0) is 4.79 Å². The first kappa shape index (κ1) is 14.3. The summed E-state index contributed by atoms with van der Waals surface area (Å²) in [6, 6.07) is 11.1. The fraction of sp³-hybridized carbons (Fsp3) is 0.200. The molecule has 0 bridgehead atoms. The Bertz CT molecular complexity index is 574. The standard InChI is InChI=1S/C15H16ClN3O/c1-11(20)19-15(13-4-2-3-5-14(13)16)10-18-12-6-8-17-9-7-12/h2-9,15H,10H2,1H3,(H,17,18)(H,19,20). The molecule has 1 unspecified atom stereocenters. The van der Waals surface area contributed by atoms with Gasteiger partial charge in [-0.15, -0.1) is 0 Å². The molecule has 0 spiro atoms. The van der Waals surface area contributed by atoms with Gasteiger partial charge in [-0.25, -0.2) is 0 Å². The number of benzene rings is 1. The third-order valence-electron chi connectivity index (χ3n) is 2.85. The van der Waals surface area contributed by atoms with E-state index in [-0.39, 0.29) is 11.9 Å². The van der Waals surface area contributed by atoms with Crippen LogP contribution in [0, 0.1) is 0 Å². The van der Waals surface area contributed by atoms with E-state index in [9.17, 15) is 4.79 Å². The van der Waals surface area contributed by atoms with Crippen molar-refractivity contribution in [1.29, 1.82) is 0 Å². The zero-order chi connectivity index (χ0) is 14.4. The Labute approximate surface area is 123 Å². The van der Waals surface area contributed by atoms with Gasteiger partial charge in [0.25, 0.3) is 0 Å². The number of amides is 1. The van der Waals surface area contributed by atoms with Gasteiger partial charge in [0.05, 0.1) is 6.04 Å². The summed E-state index contributed by atoms with van der Waals surface area (Å²) in [5.74, 6) is -0.0913. The first-order chi connectivity index (χ1) is 9.66. The van der Waals surface area contributed by atoms with Crippen LogP contribution in [0.25, 0.3) is 0 Å². The Morgan fingerprint density at radius 2 is 1.95 bits per heavy atom. The molecule has 1 amide bonds. The number of nitrogens with one attached hydrogen (secondary N) is 2. The normalized spacial score (nSPS) is 11.7. The maximum atomic E-state index is 11.4. The molecule has 0 aliphatic heterocycles. The summed E-state index contributed by atoms with van der Waals surface area (Å²) in [5, 5.41) is 6.81. The molecule has 2 rings (SSSR count). The molecule has 1 atom stereocenters. The molecule has 0 saturated carbocycles. The number of hydrogen-bond donors (Lipinski definition) is 2. The van der Waals surface area contributed by atoms with Crippen molar-refractivity contribution in [3.05, 3.63) is 59.4 Å². The fourth-order valence-electron chi connectivity index (χ4n) is 1.93. The topological polar surface area (TPSA) is 54.0 Å². The number of anilines is 1. The van der Waals surface area contributed by atoms with E-state index in [1.165, 1.54) is 6.92 Å². The number of carbonyl (C=O) groups is 1. The molecule has 0 saturated heterocycles. The van der Waals surface area contributed by atoms with Crippen molar-refractivity contribution < 1.29 is 4.79 Å². The molecule has 0 aliphatic carbocycles. The summed E-state index contributed by atoms with van der Waals surface area (Å²) >= 11 is 6.20. The van der Waals surface area contributed by atoms with Crippen molar-refractivity contribution in [2.75, 3.05) is 11.9 Å². The van der Waals surface area contributed by atoms with Crippen LogP contribution < -0.4 is 10.6 Å². The average molecular weight is 290 g/mol. The Morgan fingerprint density at radius 1 is 1.25 bits per heavy atom. The summed E-state index contributed by atoms with van der Waals surface area (Å²) in [6.07, 6.45) is 3.43. The Kier molecular flexibility index (Phi) is 4.96. The molecule has 20 heavy (non-hydrogen) atoms. The van der Waals surface area contributed by atoms with E-state index in [1.54, 1.807) is 12.4 Å². The van der Waals surface area contributed by atoms with Gasteiger partial charge in [-0.3, -0.25) is 9.78 Å². The molecule has 0 aliphatic rings. The minimum atomic E-state index is -0.186. The minimum absolute atomic E-state index is 0.0913. The number of hydrogen-bond acceptors (Lipinski definition) is 3. The molecule has 2 N–H and O–H groups in total. The van der Waals surface area contributed by atoms with Crippen LogP contribution >= 0.6 is 11.6 Å². The van der Waals surface area contributed by atoms with Crippen molar-refractivity contribution in [3.8, 4) is 0 Å². The zero-order valence-electron chi connectivity index (χ0n) is 11.1. The molecule has 1 heterocycles. The second kappa shape index (κ2) is 6.91. The SMILES string of the molecule is CC(=O)NC(CNc1ccncc1)c1ccccc1Cl. The lowest BCUT2D eigenvalue weighted by atomic mass is 10.1. The number of nitrogens with zero attached hydrogens (tertiary/aromatic N) is 1. The Morgan fingerprint density at radius 3 is 2.60 bits per heavy atom. The summed E-state index contributed by atoms with van der Waals surface area (Å²) in [7, 11) is 0. The van der Waals surface area contributed by atoms with Crippen molar-refractivity contribution in [2.24, 2.45) is 0 Å².